The third kappa shape index (κ3) is 2.20. The van der Waals surface area contributed by atoms with Crippen LogP contribution in [0.1, 0.15) is 0 Å². The first-order valence-electron chi connectivity index (χ1n) is 8.76. The van der Waals surface area contributed by atoms with Crippen LogP contribution in [0.25, 0.3) is 44.1 Å². The molecule has 2 nitrogen and oxygen atoms in total. The van der Waals surface area contributed by atoms with E-state index in [1.165, 1.54) is 21.5 Å². The van der Waals surface area contributed by atoms with E-state index in [2.05, 4.69) is 97.1 Å². The Labute approximate surface area is 152 Å². The van der Waals surface area contributed by atoms with Crippen LogP contribution in [0, 0.1) is 0 Å². The van der Waals surface area contributed by atoms with Gasteiger partial charge in [-0.2, -0.15) is 0 Å². The molecule has 1 heterocycles. The minimum atomic E-state index is 1.02. The highest BCUT2D eigenvalue weighted by Gasteiger charge is 2.13. The highest BCUT2D eigenvalue weighted by atomic mass is 15.3. The van der Waals surface area contributed by atoms with Crippen LogP contribution in [0.4, 0.5) is 0 Å². The summed E-state index contributed by atoms with van der Waals surface area (Å²) >= 11 is 0. The summed E-state index contributed by atoms with van der Waals surface area (Å²) < 4.78 is 1.81. The number of benzene rings is 4. The van der Waals surface area contributed by atoms with Gasteiger partial charge in [-0.1, -0.05) is 84.9 Å². The van der Waals surface area contributed by atoms with E-state index < -0.39 is 0 Å². The van der Waals surface area contributed by atoms with Crippen LogP contribution in [0.3, 0.4) is 0 Å². The molecule has 0 unspecified atom stereocenters. The Morgan fingerprint density at radius 3 is 1.38 bits per heavy atom. The molecule has 5 rings (SSSR count). The lowest BCUT2D eigenvalue weighted by molar-refractivity contribution is 1.04. The fraction of sp³-hybridized carbons (Fsp3) is 0. The summed E-state index contributed by atoms with van der Waals surface area (Å²) in [5.41, 5.74) is 4.34. The zero-order chi connectivity index (χ0) is 17.5. The van der Waals surface area contributed by atoms with Crippen LogP contribution in [0.2, 0.25) is 0 Å². The Morgan fingerprint density at radius 1 is 0.462 bits per heavy atom. The summed E-state index contributed by atoms with van der Waals surface area (Å²) in [6, 6.07) is 33.8. The molecule has 0 spiro atoms. The minimum Gasteiger partial charge on any atom is -0.339 e. The number of nitrogens with zero attached hydrogens (tertiary/aromatic N) is 1. The Bertz CT molecular complexity index is 1140. The second kappa shape index (κ2) is 5.78. The molecule has 5 aromatic rings. The average molecular weight is 334 g/mol. The van der Waals surface area contributed by atoms with Gasteiger partial charge in [0.15, 0.2) is 0 Å². The SMILES string of the molecule is Nn1c(-c2cccc3ccccc23)ccc1-c1cccc2ccccc12. The van der Waals surface area contributed by atoms with E-state index in [1.807, 2.05) is 4.68 Å². The molecule has 0 bridgehead atoms. The van der Waals surface area contributed by atoms with Gasteiger partial charge < -0.3 is 5.84 Å². The maximum absolute atomic E-state index is 6.57. The van der Waals surface area contributed by atoms with Crippen LogP contribution in [-0.4, -0.2) is 4.68 Å². The molecule has 0 saturated carbocycles. The van der Waals surface area contributed by atoms with Gasteiger partial charge in [-0.05, 0) is 33.7 Å². The largest absolute Gasteiger partial charge is 0.339 e. The number of nitrogen functional groups attached to an aromatic ring is 1. The topological polar surface area (TPSA) is 30.9 Å². The van der Waals surface area contributed by atoms with Gasteiger partial charge in [0.05, 0.1) is 11.4 Å². The molecule has 2 N–H and O–H groups in total. The molecule has 124 valence electrons. The van der Waals surface area contributed by atoms with E-state index in [1.54, 1.807) is 0 Å². The van der Waals surface area contributed by atoms with Gasteiger partial charge in [-0.25, -0.2) is 0 Å². The smallest absolute Gasteiger partial charge is 0.0703 e. The monoisotopic (exact) mass is 334 g/mol. The highest BCUT2D eigenvalue weighted by Crippen LogP contribution is 2.34. The Balaban J connectivity index is 1.74. The van der Waals surface area contributed by atoms with Crippen LogP contribution < -0.4 is 5.84 Å². The van der Waals surface area contributed by atoms with Crippen molar-refractivity contribution in [2.24, 2.45) is 0 Å². The van der Waals surface area contributed by atoms with Crippen LogP contribution in [0.5, 0.6) is 0 Å². The molecule has 4 aromatic carbocycles. The van der Waals surface area contributed by atoms with Gasteiger partial charge in [0.1, 0.15) is 0 Å². The molecule has 1 aromatic heterocycles. The molecule has 0 amide bonds. The van der Waals surface area contributed by atoms with Gasteiger partial charge in [-0.15, -0.1) is 0 Å². The molecule has 0 atom stereocenters. The summed E-state index contributed by atoms with van der Waals surface area (Å²) in [7, 11) is 0. The summed E-state index contributed by atoms with van der Waals surface area (Å²) in [6.07, 6.45) is 0. The van der Waals surface area contributed by atoms with Crippen molar-refractivity contribution in [3.63, 3.8) is 0 Å². The van der Waals surface area contributed by atoms with Crippen LogP contribution >= 0.6 is 0 Å². The van der Waals surface area contributed by atoms with E-state index in [4.69, 9.17) is 5.84 Å². The van der Waals surface area contributed by atoms with Gasteiger partial charge in [0.25, 0.3) is 0 Å². The minimum absolute atomic E-state index is 1.02. The van der Waals surface area contributed by atoms with E-state index >= 15 is 0 Å². The lowest BCUT2D eigenvalue weighted by Crippen LogP contribution is -2.11. The van der Waals surface area contributed by atoms with Crippen molar-refractivity contribution in [2.75, 3.05) is 5.84 Å². The molecular weight excluding hydrogens is 316 g/mol. The number of fused-ring (bicyclic) bond motifs is 2. The van der Waals surface area contributed by atoms with E-state index in [0.29, 0.717) is 0 Å². The zero-order valence-electron chi connectivity index (χ0n) is 14.3. The first kappa shape index (κ1) is 14.8. The van der Waals surface area contributed by atoms with E-state index in [-0.39, 0.29) is 0 Å². The number of hydrogen-bond acceptors (Lipinski definition) is 1. The third-order valence-corrected chi connectivity index (χ3v) is 5.05. The van der Waals surface area contributed by atoms with Gasteiger partial charge in [-0.3, -0.25) is 4.68 Å². The molecule has 0 fully saturated rings. The van der Waals surface area contributed by atoms with Crippen molar-refractivity contribution < 1.29 is 0 Å². The second-order valence-corrected chi connectivity index (χ2v) is 6.53. The first-order valence-corrected chi connectivity index (χ1v) is 8.76. The lowest BCUT2D eigenvalue weighted by atomic mass is 10.0. The van der Waals surface area contributed by atoms with Gasteiger partial charge in [0.2, 0.25) is 0 Å². The summed E-state index contributed by atoms with van der Waals surface area (Å²) in [4.78, 5) is 0. The summed E-state index contributed by atoms with van der Waals surface area (Å²) in [5.74, 6) is 6.57. The summed E-state index contributed by atoms with van der Waals surface area (Å²) in [6.45, 7) is 0. The van der Waals surface area contributed by atoms with Crippen molar-refractivity contribution in [1.82, 2.24) is 4.68 Å². The molecule has 2 heteroatoms. The predicted octanol–water partition coefficient (Wildman–Crippen LogP) is 5.84. The van der Waals surface area contributed by atoms with Crippen molar-refractivity contribution in [2.45, 2.75) is 0 Å². The van der Waals surface area contributed by atoms with Crippen LogP contribution in [0.15, 0.2) is 97.1 Å². The van der Waals surface area contributed by atoms with Crippen molar-refractivity contribution in [3.8, 4) is 22.5 Å². The maximum Gasteiger partial charge on any atom is 0.0703 e. The zero-order valence-corrected chi connectivity index (χ0v) is 14.3. The molecule has 0 aliphatic carbocycles. The molecule has 26 heavy (non-hydrogen) atoms. The third-order valence-electron chi connectivity index (χ3n) is 5.05. The van der Waals surface area contributed by atoms with Crippen molar-refractivity contribution in [1.29, 1.82) is 0 Å². The second-order valence-electron chi connectivity index (χ2n) is 6.53. The van der Waals surface area contributed by atoms with E-state index in [9.17, 15) is 0 Å². The van der Waals surface area contributed by atoms with Gasteiger partial charge >= 0.3 is 0 Å². The fourth-order valence-electron chi connectivity index (χ4n) is 3.78. The molecule has 0 saturated heterocycles. The van der Waals surface area contributed by atoms with Crippen molar-refractivity contribution in [3.05, 3.63) is 97.1 Å². The Kier molecular flexibility index (Phi) is 3.29. The molecule has 0 aliphatic heterocycles. The Morgan fingerprint density at radius 2 is 0.885 bits per heavy atom. The number of nitrogens with two attached hydrogens (primary N) is 1. The summed E-state index contributed by atoms with van der Waals surface area (Å²) in [5, 5.41) is 4.87. The maximum atomic E-state index is 6.57. The number of rotatable bonds is 2. The molecule has 0 radical (unpaired) electrons. The average Bonchev–Trinajstić information content (AvgIpc) is 3.08. The lowest BCUT2D eigenvalue weighted by Gasteiger charge is -2.12. The number of hydrogen-bond donors (Lipinski definition) is 1. The standard InChI is InChI=1S/C24H18N2/c25-26-23(21-13-5-9-17-7-1-3-11-19(17)21)15-16-24(26)22-14-6-10-18-8-2-4-12-20(18)22/h1-16H,25H2. The number of aromatic nitrogens is 1. The first-order chi connectivity index (χ1) is 12.8. The van der Waals surface area contributed by atoms with Crippen molar-refractivity contribution >= 4 is 21.5 Å². The van der Waals surface area contributed by atoms with Crippen LogP contribution in [-0.2, 0) is 0 Å². The Hall–Kier alpha value is -3.52. The normalized spacial score (nSPS) is 11.2. The van der Waals surface area contributed by atoms with E-state index in [0.717, 1.165) is 22.5 Å². The quantitative estimate of drug-likeness (QED) is 0.404. The molecule has 0 aliphatic rings. The predicted molar refractivity (Wildman–Crippen MR) is 110 cm³/mol. The fourth-order valence-corrected chi connectivity index (χ4v) is 3.78. The molecular formula is C24H18N2. The highest BCUT2D eigenvalue weighted by molar-refractivity contribution is 5.99. The van der Waals surface area contributed by atoms with Gasteiger partial charge in [0, 0.05) is 11.1 Å².